The second-order valence-corrected chi connectivity index (χ2v) is 15.1. The maximum atomic E-state index is 12.8. The molecule has 1 aliphatic heterocycles. The number of para-hydroxylation sites is 1. The van der Waals surface area contributed by atoms with E-state index < -0.39 is 6.09 Å². The minimum absolute atomic E-state index is 0.0864. The van der Waals surface area contributed by atoms with Gasteiger partial charge in [-0.25, -0.2) is 4.79 Å². The summed E-state index contributed by atoms with van der Waals surface area (Å²) in [5.41, 5.74) is 8.41. The van der Waals surface area contributed by atoms with Crippen LogP contribution in [0, 0.1) is 0 Å². The standard InChI is InChI=1S/C45H47N5O5S/c51-40-19-18-35(42-41(40)49-45(54)56-42)21-25-46-30-33-14-16-36(17-15-33)43(52)47-26-20-31-10-12-32(13-11-31)22-27-50-28-23-37(24-29-50)55-44(53)48-39-9-5-4-8-38(39)34-6-2-1-3-7-34/h1-19,37,46,51H,20-30H2,(H,47,52)(H,48,53)(H,49,54). The van der Waals surface area contributed by atoms with Crippen LogP contribution in [-0.2, 0) is 30.5 Å². The molecule has 10 nitrogen and oxygen atoms in total. The van der Waals surface area contributed by atoms with Gasteiger partial charge in [0.05, 0.1) is 10.4 Å². The molecule has 1 aromatic heterocycles. The molecule has 0 spiro atoms. The number of nitrogens with zero attached hydrogens (tertiary/aromatic N) is 1. The van der Waals surface area contributed by atoms with Crippen molar-refractivity contribution >= 4 is 39.2 Å². The van der Waals surface area contributed by atoms with Gasteiger partial charge in [-0.2, -0.15) is 0 Å². The lowest BCUT2D eigenvalue weighted by Crippen LogP contribution is -2.39. The summed E-state index contributed by atoms with van der Waals surface area (Å²) in [6.45, 7) is 4.65. The number of aromatic amines is 1. The molecule has 5 aromatic carbocycles. The summed E-state index contributed by atoms with van der Waals surface area (Å²) in [6, 6.07) is 37.5. The summed E-state index contributed by atoms with van der Waals surface area (Å²) in [4.78, 5) is 42.3. The van der Waals surface area contributed by atoms with Gasteiger partial charge in [-0.1, -0.05) is 102 Å². The fourth-order valence-electron chi connectivity index (χ4n) is 7.09. The number of benzene rings is 5. The van der Waals surface area contributed by atoms with E-state index in [2.05, 4.69) is 50.1 Å². The van der Waals surface area contributed by atoms with Crippen molar-refractivity contribution < 1.29 is 19.4 Å². The Bertz CT molecular complexity index is 2280. The Kier molecular flexibility index (Phi) is 12.9. The summed E-state index contributed by atoms with van der Waals surface area (Å²) in [7, 11) is 0. The number of thiazole rings is 1. The van der Waals surface area contributed by atoms with Crippen molar-refractivity contribution in [2.75, 3.05) is 38.0 Å². The molecular formula is C45H47N5O5S. The molecule has 288 valence electrons. The molecule has 1 saturated heterocycles. The Hall–Kier alpha value is -5.75. The summed E-state index contributed by atoms with van der Waals surface area (Å²) in [5.74, 6) is -0.00507. The first kappa shape index (κ1) is 38.5. The van der Waals surface area contributed by atoms with Crippen molar-refractivity contribution in [3.63, 3.8) is 0 Å². The molecule has 7 rings (SSSR count). The van der Waals surface area contributed by atoms with Gasteiger partial charge < -0.3 is 30.4 Å². The van der Waals surface area contributed by atoms with Gasteiger partial charge in [0.1, 0.15) is 17.4 Å². The Balaban J connectivity index is 0.765. The largest absolute Gasteiger partial charge is 0.506 e. The number of phenolic OH excluding ortho intramolecular Hbond substituents is 1. The van der Waals surface area contributed by atoms with Gasteiger partial charge in [0.15, 0.2) is 0 Å². The predicted molar refractivity (Wildman–Crippen MR) is 224 cm³/mol. The SMILES string of the molecule is O=C(Nc1ccccc1-c1ccccc1)OC1CCN(CCc2ccc(CCNC(=O)c3ccc(CNCCc4ccc(O)c5[nH]c(=O)sc45)cc3)cc2)CC1. The molecule has 0 unspecified atom stereocenters. The Morgan fingerprint density at radius 2 is 1.48 bits per heavy atom. The molecule has 11 heteroatoms. The summed E-state index contributed by atoms with van der Waals surface area (Å²) < 4.78 is 6.60. The number of carbonyl (C=O) groups is 2. The first-order valence-electron chi connectivity index (χ1n) is 19.2. The molecule has 0 aliphatic carbocycles. The predicted octanol–water partition coefficient (Wildman–Crippen LogP) is 7.52. The van der Waals surface area contributed by atoms with Crippen molar-refractivity contribution in [3.05, 3.63) is 153 Å². The Morgan fingerprint density at radius 1 is 0.786 bits per heavy atom. The van der Waals surface area contributed by atoms with E-state index in [9.17, 15) is 19.5 Å². The van der Waals surface area contributed by atoms with Crippen molar-refractivity contribution in [1.82, 2.24) is 20.5 Å². The van der Waals surface area contributed by atoms with Gasteiger partial charge in [-0.05, 0) is 90.7 Å². The second kappa shape index (κ2) is 18.7. The van der Waals surface area contributed by atoms with E-state index in [1.807, 2.05) is 84.9 Å². The fraction of sp³-hybridized carbons (Fsp3) is 0.267. The second-order valence-electron chi connectivity index (χ2n) is 14.1. The lowest BCUT2D eigenvalue weighted by atomic mass is 10.0. The molecular weight excluding hydrogens is 723 g/mol. The van der Waals surface area contributed by atoms with Crippen LogP contribution >= 0.6 is 11.3 Å². The molecule has 1 aliphatic rings. The number of phenols is 1. The number of ether oxygens (including phenoxy) is 1. The topological polar surface area (TPSA) is 136 Å². The van der Waals surface area contributed by atoms with Gasteiger partial charge in [0.25, 0.3) is 5.91 Å². The molecule has 56 heavy (non-hydrogen) atoms. The van der Waals surface area contributed by atoms with E-state index in [0.29, 0.717) is 30.7 Å². The first-order chi connectivity index (χ1) is 27.4. The number of nitrogens with one attached hydrogen (secondary N) is 4. The molecule has 2 heterocycles. The average Bonchev–Trinajstić information content (AvgIpc) is 3.63. The number of likely N-dealkylation sites (tertiary alicyclic amines) is 1. The minimum atomic E-state index is -0.410. The number of hydrogen-bond donors (Lipinski definition) is 5. The number of H-pyrrole nitrogens is 1. The van der Waals surface area contributed by atoms with E-state index in [-0.39, 0.29) is 22.6 Å². The third-order valence-corrected chi connectivity index (χ3v) is 11.2. The number of rotatable bonds is 15. The van der Waals surface area contributed by atoms with Gasteiger partial charge in [-0.15, -0.1) is 0 Å². The van der Waals surface area contributed by atoms with Crippen molar-refractivity contribution in [2.24, 2.45) is 0 Å². The van der Waals surface area contributed by atoms with Gasteiger partial charge in [0.2, 0.25) is 0 Å². The molecule has 0 radical (unpaired) electrons. The van der Waals surface area contributed by atoms with Gasteiger partial charge in [-0.3, -0.25) is 14.9 Å². The van der Waals surface area contributed by atoms with Crippen LogP contribution in [0.25, 0.3) is 21.3 Å². The minimum Gasteiger partial charge on any atom is -0.506 e. The van der Waals surface area contributed by atoms with E-state index in [1.165, 1.54) is 11.1 Å². The fourth-order valence-corrected chi connectivity index (χ4v) is 7.98. The number of aromatic nitrogens is 1. The number of piperidine rings is 1. The zero-order chi connectivity index (χ0) is 38.7. The number of aromatic hydroxyl groups is 1. The van der Waals surface area contributed by atoms with Crippen LogP contribution in [0.4, 0.5) is 10.5 Å². The van der Waals surface area contributed by atoms with Crippen LogP contribution in [0.2, 0.25) is 0 Å². The monoisotopic (exact) mass is 769 g/mol. The number of hydrogen-bond acceptors (Lipinski definition) is 8. The van der Waals surface area contributed by atoms with Crippen molar-refractivity contribution in [1.29, 1.82) is 0 Å². The smallest absolute Gasteiger partial charge is 0.411 e. The van der Waals surface area contributed by atoms with E-state index in [0.717, 1.165) is 95.7 Å². The quantitative estimate of drug-likeness (QED) is 0.0682. The number of fused-ring (bicyclic) bond motifs is 1. The maximum Gasteiger partial charge on any atom is 0.411 e. The molecule has 0 saturated carbocycles. The van der Waals surface area contributed by atoms with E-state index in [1.54, 1.807) is 6.07 Å². The highest BCUT2D eigenvalue weighted by Crippen LogP contribution is 2.29. The highest BCUT2D eigenvalue weighted by atomic mass is 32.1. The normalized spacial score (nSPS) is 13.4. The third kappa shape index (κ3) is 10.3. The lowest BCUT2D eigenvalue weighted by Gasteiger charge is -2.31. The van der Waals surface area contributed by atoms with Crippen LogP contribution in [0.5, 0.6) is 5.75 Å². The average molecular weight is 770 g/mol. The third-order valence-electron chi connectivity index (χ3n) is 10.3. The maximum absolute atomic E-state index is 12.8. The molecule has 0 bridgehead atoms. The van der Waals surface area contributed by atoms with Crippen LogP contribution in [0.3, 0.4) is 0 Å². The van der Waals surface area contributed by atoms with Gasteiger partial charge in [0, 0.05) is 43.9 Å². The molecule has 5 N–H and O–H groups in total. The Labute approximate surface area is 330 Å². The van der Waals surface area contributed by atoms with Gasteiger partial charge >= 0.3 is 11.0 Å². The van der Waals surface area contributed by atoms with E-state index >= 15 is 0 Å². The highest BCUT2D eigenvalue weighted by Gasteiger charge is 2.23. The Morgan fingerprint density at radius 3 is 2.25 bits per heavy atom. The van der Waals surface area contributed by atoms with Crippen LogP contribution in [-0.4, -0.2) is 65.8 Å². The van der Waals surface area contributed by atoms with Crippen LogP contribution in [0.1, 0.15) is 45.5 Å². The van der Waals surface area contributed by atoms with E-state index in [4.69, 9.17) is 4.74 Å². The van der Waals surface area contributed by atoms with Crippen LogP contribution < -0.4 is 20.8 Å². The molecule has 1 fully saturated rings. The zero-order valence-electron chi connectivity index (χ0n) is 31.3. The summed E-state index contributed by atoms with van der Waals surface area (Å²) in [5, 5.41) is 19.4. The summed E-state index contributed by atoms with van der Waals surface area (Å²) >= 11 is 1.11. The molecule has 2 amide bonds. The number of amides is 2. The van der Waals surface area contributed by atoms with Crippen LogP contribution in [0.15, 0.2) is 120 Å². The first-order valence-corrected chi connectivity index (χ1v) is 20.0. The highest BCUT2D eigenvalue weighted by molar-refractivity contribution is 7.16. The van der Waals surface area contributed by atoms with Crippen molar-refractivity contribution in [2.45, 2.75) is 44.8 Å². The number of carbonyl (C=O) groups excluding carboxylic acids is 2. The number of anilines is 1. The zero-order valence-corrected chi connectivity index (χ0v) is 32.1. The summed E-state index contributed by atoms with van der Waals surface area (Å²) in [6.07, 6.45) is 3.54. The van der Waals surface area contributed by atoms with Crippen molar-refractivity contribution in [3.8, 4) is 16.9 Å². The lowest BCUT2D eigenvalue weighted by molar-refractivity contribution is 0.0593. The molecule has 0 atom stereocenters. The molecule has 6 aromatic rings.